The van der Waals surface area contributed by atoms with E-state index in [0.29, 0.717) is 16.0 Å². The number of thiophene rings is 1. The van der Waals surface area contributed by atoms with Gasteiger partial charge in [-0.15, -0.1) is 11.3 Å². The second-order valence-corrected chi connectivity index (χ2v) is 7.25. The highest BCUT2D eigenvalue weighted by atomic mass is 32.1. The van der Waals surface area contributed by atoms with Crippen molar-refractivity contribution in [2.45, 2.75) is 26.7 Å². The van der Waals surface area contributed by atoms with Gasteiger partial charge in [-0.3, -0.25) is 4.79 Å². The van der Waals surface area contributed by atoms with E-state index < -0.39 is 0 Å². The number of carbonyl (C=O) groups excluding carboxylic acids is 1. The van der Waals surface area contributed by atoms with Crippen LogP contribution in [0.5, 0.6) is 0 Å². The second kappa shape index (κ2) is 5.04. The number of hydrogen-bond acceptors (Lipinski definition) is 4. The molecule has 1 aliphatic heterocycles. The van der Waals surface area contributed by atoms with Gasteiger partial charge in [-0.05, 0) is 24.3 Å². The molecule has 4 nitrogen and oxygen atoms in total. The van der Waals surface area contributed by atoms with Gasteiger partial charge in [0.15, 0.2) is 0 Å². The van der Waals surface area contributed by atoms with Crippen LogP contribution in [-0.2, 0) is 0 Å². The minimum absolute atomic E-state index is 0.00825. The average Bonchev–Trinajstić information content (AvgIpc) is 2.70. The number of hydrogen-bond donors (Lipinski definition) is 1. The topological polar surface area (TPSA) is 49.6 Å². The lowest BCUT2D eigenvalue weighted by Gasteiger charge is -2.37. The number of nitrogen functional groups attached to an aromatic ring is 1. The largest absolute Gasteiger partial charge is 0.397 e. The fraction of sp³-hybridized carbons (Fsp3) is 0.643. The third kappa shape index (κ3) is 3.03. The number of carbonyl (C=O) groups is 1. The van der Waals surface area contributed by atoms with Crippen LogP contribution in [0.1, 0.15) is 36.4 Å². The van der Waals surface area contributed by atoms with Crippen molar-refractivity contribution >= 4 is 27.9 Å². The highest BCUT2D eigenvalue weighted by Crippen LogP contribution is 2.37. The maximum Gasteiger partial charge on any atom is 0.265 e. The molecule has 1 aliphatic rings. The molecule has 2 rings (SSSR count). The van der Waals surface area contributed by atoms with Crippen molar-refractivity contribution in [3.05, 3.63) is 10.9 Å². The Morgan fingerprint density at radius 2 is 1.95 bits per heavy atom. The molecule has 0 unspecified atom stereocenters. The normalized spacial score (nSPS) is 18.4. The van der Waals surface area contributed by atoms with E-state index in [1.165, 1.54) is 24.2 Å². The van der Waals surface area contributed by atoms with E-state index in [4.69, 9.17) is 5.73 Å². The fourth-order valence-corrected chi connectivity index (χ4v) is 3.40. The van der Waals surface area contributed by atoms with Crippen LogP contribution < -0.4 is 10.6 Å². The molecule has 2 N–H and O–H groups in total. The zero-order chi connectivity index (χ0) is 14.2. The van der Waals surface area contributed by atoms with Gasteiger partial charge in [-0.25, -0.2) is 0 Å². The fourth-order valence-electron chi connectivity index (χ4n) is 2.25. The Labute approximate surface area is 119 Å². The zero-order valence-corrected chi connectivity index (χ0v) is 13.0. The van der Waals surface area contributed by atoms with Gasteiger partial charge in [-0.2, -0.15) is 0 Å². The molecule has 0 bridgehead atoms. The van der Waals surface area contributed by atoms with E-state index in [1.54, 1.807) is 19.0 Å². The molecule has 0 spiro atoms. The van der Waals surface area contributed by atoms with Crippen LogP contribution in [0.2, 0.25) is 0 Å². The standard InChI is InChI=1S/C14H23N3OS/c1-14(2)5-7-17(8-6-14)11-9-10(15)12(19-11)13(18)16(3)4/h9H,5-8,15H2,1-4H3. The average molecular weight is 281 g/mol. The molecule has 106 valence electrons. The quantitative estimate of drug-likeness (QED) is 0.906. The van der Waals surface area contributed by atoms with Gasteiger partial charge in [0.05, 0.1) is 10.7 Å². The van der Waals surface area contributed by atoms with Crippen molar-refractivity contribution < 1.29 is 4.79 Å². The number of nitrogens with zero attached hydrogens (tertiary/aromatic N) is 2. The van der Waals surface area contributed by atoms with E-state index in [0.717, 1.165) is 18.1 Å². The Morgan fingerprint density at radius 1 is 1.37 bits per heavy atom. The number of anilines is 2. The summed E-state index contributed by atoms with van der Waals surface area (Å²) >= 11 is 1.51. The number of piperidine rings is 1. The van der Waals surface area contributed by atoms with Crippen molar-refractivity contribution in [3.8, 4) is 0 Å². The van der Waals surface area contributed by atoms with E-state index >= 15 is 0 Å². The molecule has 1 saturated heterocycles. The van der Waals surface area contributed by atoms with Gasteiger partial charge in [0.25, 0.3) is 5.91 Å². The van der Waals surface area contributed by atoms with E-state index in [-0.39, 0.29) is 5.91 Å². The van der Waals surface area contributed by atoms with Gasteiger partial charge in [0.2, 0.25) is 0 Å². The molecule has 0 aromatic carbocycles. The van der Waals surface area contributed by atoms with Crippen molar-refractivity contribution in [1.29, 1.82) is 0 Å². The van der Waals surface area contributed by atoms with Crippen LogP contribution in [0.25, 0.3) is 0 Å². The maximum absolute atomic E-state index is 12.0. The summed E-state index contributed by atoms with van der Waals surface area (Å²) in [7, 11) is 3.51. The highest BCUT2D eigenvalue weighted by Gasteiger charge is 2.27. The molecule has 5 heteroatoms. The summed E-state index contributed by atoms with van der Waals surface area (Å²) in [6.45, 7) is 6.72. The summed E-state index contributed by atoms with van der Waals surface area (Å²) in [6, 6.07) is 1.94. The summed E-state index contributed by atoms with van der Waals surface area (Å²) in [5.74, 6) is -0.00825. The van der Waals surface area contributed by atoms with Crippen LogP contribution in [0.15, 0.2) is 6.07 Å². The van der Waals surface area contributed by atoms with Crippen LogP contribution in [0, 0.1) is 5.41 Å². The Bertz CT molecular complexity index is 469. The predicted molar refractivity (Wildman–Crippen MR) is 82.0 cm³/mol. The third-order valence-corrected chi connectivity index (χ3v) is 4.98. The van der Waals surface area contributed by atoms with E-state index in [1.807, 2.05) is 6.07 Å². The summed E-state index contributed by atoms with van der Waals surface area (Å²) < 4.78 is 0. The van der Waals surface area contributed by atoms with Crippen LogP contribution in [0.4, 0.5) is 10.7 Å². The Kier molecular flexibility index (Phi) is 3.76. The first kappa shape index (κ1) is 14.2. The van der Waals surface area contributed by atoms with Gasteiger partial charge in [-0.1, -0.05) is 13.8 Å². The first-order valence-corrected chi connectivity index (χ1v) is 7.48. The lowest BCUT2D eigenvalue weighted by atomic mass is 9.83. The number of rotatable bonds is 2. The minimum Gasteiger partial charge on any atom is -0.397 e. The first-order chi connectivity index (χ1) is 8.80. The van der Waals surface area contributed by atoms with Gasteiger partial charge in [0.1, 0.15) is 4.88 Å². The van der Waals surface area contributed by atoms with Gasteiger partial charge in [0, 0.05) is 27.2 Å². The van der Waals surface area contributed by atoms with Crippen molar-refractivity contribution in [2.75, 3.05) is 37.8 Å². The molecule has 2 heterocycles. The Hall–Kier alpha value is -1.23. The highest BCUT2D eigenvalue weighted by molar-refractivity contribution is 7.18. The Morgan fingerprint density at radius 3 is 2.47 bits per heavy atom. The molecular weight excluding hydrogens is 258 g/mol. The van der Waals surface area contributed by atoms with Gasteiger partial charge < -0.3 is 15.5 Å². The molecule has 1 aromatic rings. The van der Waals surface area contributed by atoms with Crippen molar-refractivity contribution in [1.82, 2.24) is 4.90 Å². The van der Waals surface area contributed by atoms with Crippen molar-refractivity contribution in [2.24, 2.45) is 5.41 Å². The van der Waals surface area contributed by atoms with E-state index in [2.05, 4.69) is 18.7 Å². The number of amides is 1. The molecule has 0 radical (unpaired) electrons. The van der Waals surface area contributed by atoms with E-state index in [9.17, 15) is 4.79 Å². The lowest BCUT2D eigenvalue weighted by molar-refractivity contribution is 0.0833. The number of nitrogens with two attached hydrogens (primary N) is 1. The molecule has 1 fully saturated rings. The summed E-state index contributed by atoms with van der Waals surface area (Å²) in [6.07, 6.45) is 2.36. The van der Waals surface area contributed by atoms with Crippen LogP contribution in [-0.4, -0.2) is 38.0 Å². The molecule has 1 aromatic heterocycles. The molecular formula is C14H23N3OS. The lowest BCUT2D eigenvalue weighted by Crippen LogP contribution is -2.36. The third-order valence-electron chi connectivity index (χ3n) is 3.78. The summed E-state index contributed by atoms with van der Waals surface area (Å²) in [5, 5.41) is 1.12. The van der Waals surface area contributed by atoms with Crippen LogP contribution >= 0.6 is 11.3 Å². The molecule has 1 amide bonds. The molecule has 0 aliphatic carbocycles. The monoisotopic (exact) mass is 281 g/mol. The first-order valence-electron chi connectivity index (χ1n) is 6.66. The summed E-state index contributed by atoms with van der Waals surface area (Å²) in [5.41, 5.74) is 7.01. The smallest absolute Gasteiger partial charge is 0.265 e. The van der Waals surface area contributed by atoms with Crippen LogP contribution in [0.3, 0.4) is 0 Å². The minimum atomic E-state index is -0.00825. The predicted octanol–water partition coefficient (Wildman–Crippen LogP) is 2.66. The second-order valence-electron chi connectivity index (χ2n) is 6.22. The molecule has 0 atom stereocenters. The van der Waals surface area contributed by atoms with Crippen molar-refractivity contribution in [3.63, 3.8) is 0 Å². The SMILES string of the molecule is CN(C)C(=O)c1sc(N2CCC(C)(C)CC2)cc1N. The van der Waals surface area contributed by atoms with Gasteiger partial charge >= 0.3 is 0 Å². The molecule has 0 saturated carbocycles. The zero-order valence-electron chi connectivity index (χ0n) is 12.2. The summed E-state index contributed by atoms with van der Waals surface area (Å²) in [4.78, 5) is 16.6. The molecule has 19 heavy (non-hydrogen) atoms. The Balaban J connectivity index is 2.15. The maximum atomic E-state index is 12.0.